The Morgan fingerprint density at radius 1 is 1.03 bits per heavy atom. The van der Waals surface area contributed by atoms with E-state index in [2.05, 4.69) is 59.2 Å². The summed E-state index contributed by atoms with van der Waals surface area (Å²) in [6, 6.07) is 18.5. The minimum atomic E-state index is 0.479. The van der Waals surface area contributed by atoms with Crippen LogP contribution in [0, 0.1) is 0 Å². The van der Waals surface area contributed by atoms with Gasteiger partial charge in [-0.15, -0.1) is 0 Å². The zero-order valence-corrected chi connectivity index (χ0v) is 19.6. The Hall–Kier alpha value is -3.15. The van der Waals surface area contributed by atoms with Crippen molar-refractivity contribution in [3.05, 3.63) is 88.8 Å². The maximum atomic E-state index is 6.68. The SMILES string of the molecule is CC(C)c1ccc(COc2ccc(-c3c(-c4ccncc4)nn4c3CNCC4)cc2Cl)cc1. The largest absolute Gasteiger partial charge is 0.487 e. The molecule has 0 bridgehead atoms. The van der Waals surface area contributed by atoms with Crippen molar-refractivity contribution in [1.29, 1.82) is 0 Å². The lowest BCUT2D eigenvalue weighted by atomic mass is 9.98. The number of ether oxygens (including phenoxy) is 1. The lowest BCUT2D eigenvalue weighted by molar-refractivity contribution is 0.306. The lowest BCUT2D eigenvalue weighted by Gasteiger charge is -2.16. The predicted molar refractivity (Wildman–Crippen MR) is 132 cm³/mol. The summed E-state index contributed by atoms with van der Waals surface area (Å²) < 4.78 is 8.15. The minimum absolute atomic E-state index is 0.479. The molecule has 0 fully saturated rings. The van der Waals surface area contributed by atoms with Crippen molar-refractivity contribution < 1.29 is 4.74 Å². The molecule has 2 aromatic heterocycles. The Balaban J connectivity index is 1.43. The quantitative estimate of drug-likeness (QED) is 0.381. The van der Waals surface area contributed by atoms with E-state index in [-0.39, 0.29) is 0 Å². The van der Waals surface area contributed by atoms with Gasteiger partial charge in [0.2, 0.25) is 0 Å². The number of pyridine rings is 1. The lowest BCUT2D eigenvalue weighted by Crippen LogP contribution is -2.28. The maximum Gasteiger partial charge on any atom is 0.138 e. The van der Waals surface area contributed by atoms with E-state index in [0.29, 0.717) is 23.3 Å². The van der Waals surface area contributed by atoms with Gasteiger partial charge in [0.15, 0.2) is 0 Å². The Bertz CT molecular complexity index is 1250. The third-order valence-corrected chi connectivity index (χ3v) is 6.36. The van der Waals surface area contributed by atoms with Gasteiger partial charge in [-0.1, -0.05) is 55.8 Å². The first-order valence-electron chi connectivity index (χ1n) is 11.3. The zero-order valence-electron chi connectivity index (χ0n) is 18.9. The molecule has 168 valence electrons. The number of rotatable bonds is 6. The first-order valence-corrected chi connectivity index (χ1v) is 11.7. The fourth-order valence-electron chi connectivity index (χ4n) is 4.20. The molecule has 5 nitrogen and oxygen atoms in total. The topological polar surface area (TPSA) is 52.0 Å². The van der Waals surface area contributed by atoms with Crippen LogP contribution in [0.3, 0.4) is 0 Å². The van der Waals surface area contributed by atoms with Crippen LogP contribution in [-0.2, 0) is 19.7 Å². The molecule has 0 radical (unpaired) electrons. The number of aromatic nitrogens is 3. The summed E-state index contributed by atoms with van der Waals surface area (Å²) in [4.78, 5) is 4.16. The van der Waals surface area contributed by atoms with Crippen molar-refractivity contribution in [2.75, 3.05) is 6.54 Å². The second-order valence-electron chi connectivity index (χ2n) is 8.64. The molecule has 0 spiro atoms. The van der Waals surface area contributed by atoms with Crippen LogP contribution in [0.2, 0.25) is 5.02 Å². The van der Waals surface area contributed by atoms with Crippen LogP contribution in [-0.4, -0.2) is 21.3 Å². The van der Waals surface area contributed by atoms with Crippen molar-refractivity contribution in [1.82, 2.24) is 20.1 Å². The van der Waals surface area contributed by atoms with E-state index in [0.717, 1.165) is 47.6 Å². The summed E-state index contributed by atoms with van der Waals surface area (Å²) in [5.74, 6) is 1.20. The van der Waals surface area contributed by atoms with E-state index in [1.807, 2.05) is 24.3 Å². The van der Waals surface area contributed by atoms with Gasteiger partial charge >= 0.3 is 0 Å². The number of hydrogen-bond donors (Lipinski definition) is 1. The van der Waals surface area contributed by atoms with Gasteiger partial charge in [-0.2, -0.15) is 5.10 Å². The third-order valence-electron chi connectivity index (χ3n) is 6.07. The molecule has 0 saturated carbocycles. The van der Waals surface area contributed by atoms with E-state index in [9.17, 15) is 0 Å². The van der Waals surface area contributed by atoms with Gasteiger partial charge in [0.1, 0.15) is 18.1 Å². The van der Waals surface area contributed by atoms with Gasteiger partial charge in [0.25, 0.3) is 0 Å². The van der Waals surface area contributed by atoms with E-state index in [1.165, 1.54) is 11.3 Å². The highest BCUT2D eigenvalue weighted by Crippen LogP contribution is 2.38. The average molecular weight is 459 g/mol. The van der Waals surface area contributed by atoms with E-state index >= 15 is 0 Å². The fraction of sp³-hybridized carbons (Fsp3) is 0.259. The maximum absolute atomic E-state index is 6.68. The number of nitrogens with zero attached hydrogens (tertiary/aromatic N) is 3. The standard InChI is InChI=1S/C27H27ClN4O/c1-18(2)20-5-3-19(4-6-20)17-33-25-8-7-22(15-23(25)28)26-24-16-30-13-14-32(24)31-27(26)21-9-11-29-12-10-21/h3-12,15,18,30H,13-14,16-17H2,1-2H3. The van der Waals surface area contributed by atoms with Gasteiger partial charge in [0.05, 0.1) is 17.3 Å². The van der Waals surface area contributed by atoms with Gasteiger partial charge in [-0.05, 0) is 46.9 Å². The van der Waals surface area contributed by atoms with Gasteiger partial charge < -0.3 is 10.1 Å². The van der Waals surface area contributed by atoms with Crippen LogP contribution in [0.25, 0.3) is 22.4 Å². The fourth-order valence-corrected chi connectivity index (χ4v) is 4.44. The Morgan fingerprint density at radius 3 is 2.55 bits per heavy atom. The number of halogens is 1. The van der Waals surface area contributed by atoms with E-state index < -0.39 is 0 Å². The molecular formula is C27H27ClN4O. The van der Waals surface area contributed by atoms with Crippen molar-refractivity contribution in [3.8, 4) is 28.1 Å². The summed E-state index contributed by atoms with van der Waals surface area (Å²) in [5.41, 5.74) is 7.75. The van der Waals surface area contributed by atoms with Crippen molar-refractivity contribution in [2.24, 2.45) is 0 Å². The molecule has 1 N–H and O–H groups in total. The Kier molecular flexibility index (Phi) is 6.16. The highest BCUT2D eigenvalue weighted by atomic mass is 35.5. The molecule has 5 rings (SSSR count). The Labute approximate surface area is 199 Å². The first kappa shape index (κ1) is 21.7. The molecule has 1 aliphatic rings. The molecule has 0 unspecified atom stereocenters. The predicted octanol–water partition coefficient (Wildman–Crippen LogP) is 6.07. The summed E-state index contributed by atoms with van der Waals surface area (Å²) in [6.07, 6.45) is 3.60. The molecule has 0 amide bonds. The average Bonchev–Trinajstić information content (AvgIpc) is 3.24. The van der Waals surface area contributed by atoms with Gasteiger partial charge in [-0.3, -0.25) is 9.67 Å². The van der Waals surface area contributed by atoms with Crippen molar-refractivity contribution >= 4 is 11.6 Å². The molecule has 3 heterocycles. The number of fused-ring (bicyclic) bond motifs is 1. The number of benzene rings is 2. The molecule has 4 aromatic rings. The molecule has 6 heteroatoms. The summed E-state index contributed by atoms with van der Waals surface area (Å²) in [6.45, 7) is 7.40. The van der Waals surface area contributed by atoms with Crippen LogP contribution in [0.4, 0.5) is 0 Å². The zero-order chi connectivity index (χ0) is 22.8. The smallest absolute Gasteiger partial charge is 0.138 e. The summed E-state index contributed by atoms with van der Waals surface area (Å²) in [7, 11) is 0. The summed E-state index contributed by atoms with van der Waals surface area (Å²) >= 11 is 6.68. The van der Waals surface area contributed by atoms with E-state index in [4.69, 9.17) is 21.4 Å². The number of nitrogens with one attached hydrogen (secondary N) is 1. The van der Waals surface area contributed by atoms with Crippen LogP contribution in [0.1, 0.15) is 36.6 Å². The van der Waals surface area contributed by atoms with Crippen LogP contribution in [0.15, 0.2) is 67.0 Å². The van der Waals surface area contributed by atoms with Gasteiger partial charge in [-0.25, -0.2) is 0 Å². The van der Waals surface area contributed by atoms with Crippen LogP contribution >= 0.6 is 11.6 Å². The molecule has 1 aliphatic heterocycles. The second kappa shape index (κ2) is 9.38. The highest BCUT2D eigenvalue weighted by molar-refractivity contribution is 6.32. The molecular weight excluding hydrogens is 432 g/mol. The van der Waals surface area contributed by atoms with Crippen molar-refractivity contribution in [3.63, 3.8) is 0 Å². The summed E-state index contributed by atoms with van der Waals surface area (Å²) in [5, 5.41) is 8.97. The molecule has 0 saturated heterocycles. The monoisotopic (exact) mass is 458 g/mol. The molecule has 0 aliphatic carbocycles. The minimum Gasteiger partial charge on any atom is -0.487 e. The first-order chi connectivity index (χ1) is 16.1. The van der Waals surface area contributed by atoms with Gasteiger partial charge in [0, 0.05) is 36.6 Å². The van der Waals surface area contributed by atoms with Crippen LogP contribution in [0.5, 0.6) is 5.75 Å². The third kappa shape index (κ3) is 4.52. The molecule has 33 heavy (non-hydrogen) atoms. The van der Waals surface area contributed by atoms with Crippen LogP contribution < -0.4 is 10.1 Å². The van der Waals surface area contributed by atoms with E-state index in [1.54, 1.807) is 12.4 Å². The van der Waals surface area contributed by atoms with Crippen molar-refractivity contribution in [2.45, 2.75) is 39.5 Å². The second-order valence-corrected chi connectivity index (χ2v) is 9.04. The Morgan fingerprint density at radius 2 is 1.82 bits per heavy atom. The normalized spacial score (nSPS) is 13.2. The molecule has 0 atom stereocenters. The highest BCUT2D eigenvalue weighted by Gasteiger charge is 2.23. The molecule has 2 aromatic carbocycles. The number of hydrogen-bond acceptors (Lipinski definition) is 4.